The fraction of sp³-hybridized carbons (Fsp3) is 0.333. The van der Waals surface area contributed by atoms with Gasteiger partial charge in [0.25, 0.3) is 0 Å². The second-order valence-electron chi connectivity index (χ2n) is 5.90. The number of carbonyl (C=O) groups excluding carboxylic acids is 2. The first-order chi connectivity index (χ1) is 11.1. The van der Waals surface area contributed by atoms with Gasteiger partial charge in [0.15, 0.2) is 11.6 Å². The molecule has 5 nitrogen and oxygen atoms in total. The van der Waals surface area contributed by atoms with Crippen LogP contribution in [0.5, 0.6) is 0 Å². The lowest BCUT2D eigenvalue weighted by molar-refractivity contribution is -0.116. The van der Waals surface area contributed by atoms with Crippen molar-refractivity contribution in [2.75, 3.05) is 13.2 Å². The van der Waals surface area contributed by atoms with Gasteiger partial charge in [-0.25, -0.2) is 0 Å². The number of nitrogens with one attached hydrogen (secondary N) is 2. The molecule has 0 aromatic heterocycles. The molecule has 0 saturated carbocycles. The largest absolute Gasteiger partial charge is 0.395 e. The van der Waals surface area contributed by atoms with Gasteiger partial charge in [0.05, 0.1) is 18.7 Å². The summed E-state index contributed by atoms with van der Waals surface area (Å²) in [6.07, 6.45) is 11.1. The SMILES string of the molecule is CC(NCCO)NC1=CC2=CC3=C(C=CC(=O)C3)C(=O)C2C=C1. The van der Waals surface area contributed by atoms with E-state index in [2.05, 4.69) is 10.6 Å². The molecule has 0 aliphatic heterocycles. The standard InChI is InChI=1S/C18H20N2O3/c1-11(19-6-7-21)20-14-2-4-16-12(9-14)8-13-10-15(22)3-5-17(13)18(16)23/h2-5,8-9,11,16,19-21H,6-7,10H2,1H3. The summed E-state index contributed by atoms with van der Waals surface area (Å²) >= 11 is 0. The molecule has 0 aromatic rings. The highest BCUT2D eigenvalue weighted by Crippen LogP contribution is 2.34. The minimum atomic E-state index is -0.266. The van der Waals surface area contributed by atoms with E-state index < -0.39 is 0 Å². The average Bonchev–Trinajstić information content (AvgIpc) is 2.52. The summed E-state index contributed by atoms with van der Waals surface area (Å²) in [5.74, 6) is -0.181. The summed E-state index contributed by atoms with van der Waals surface area (Å²) in [6.45, 7) is 2.56. The topological polar surface area (TPSA) is 78.4 Å². The van der Waals surface area contributed by atoms with Gasteiger partial charge in [-0.15, -0.1) is 0 Å². The van der Waals surface area contributed by atoms with E-state index in [0.29, 0.717) is 18.5 Å². The van der Waals surface area contributed by atoms with Gasteiger partial charge in [-0.1, -0.05) is 12.2 Å². The molecule has 0 aromatic carbocycles. The number of aliphatic hydroxyl groups is 1. The predicted octanol–water partition coefficient (Wildman–Crippen LogP) is 0.909. The summed E-state index contributed by atoms with van der Waals surface area (Å²) in [4.78, 5) is 24.1. The molecule has 2 unspecified atom stereocenters. The molecular formula is C18H20N2O3. The third-order valence-corrected chi connectivity index (χ3v) is 4.13. The van der Waals surface area contributed by atoms with Crippen LogP contribution in [-0.4, -0.2) is 36.0 Å². The fourth-order valence-corrected chi connectivity index (χ4v) is 3.03. The minimum absolute atomic E-state index is 0.00320. The molecule has 0 amide bonds. The Morgan fingerprint density at radius 2 is 2.09 bits per heavy atom. The maximum Gasteiger partial charge on any atom is 0.174 e. The molecule has 3 aliphatic rings. The molecule has 3 aliphatic carbocycles. The first-order valence-corrected chi connectivity index (χ1v) is 7.79. The van der Waals surface area contributed by atoms with Gasteiger partial charge in [-0.2, -0.15) is 0 Å². The lowest BCUT2D eigenvalue weighted by Crippen LogP contribution is -2.40. The van der Waals surface area contributed by atoms with E-state index in [1.165, 1.54) is 6.08 Å². The number of allylic oxidation sites excluding steroid dienone is 9. The number of carbonyl (C=O) groups is 2. The van der Waals surface area contributed by atoms with Crippen LogP contribution in [0.4, 0.5) is 0 Å². The molecule has 0 fully saturated rings. The Morgan fingerprint density at radius 1 is 1.26 bits per heavy atom. The van der Waals surface area contributed by atoms with Crippen molar-refractivity contribution in [1.82, 2.24) is 10.6 Å². The van der Waals surface area contributed by atoms with Crippen molar-refractivity contribution in [3.63, 3.8) is 0 Å². The summed E-state index contributed by atoms with van der Waals surface area (Å²) in [7, 11) is 0. The average molecular weight is 312 g/mol. The highest BCUT2D eigenvalue weighted by atomic mass is 16.3. The molecule has 0 radical (unpaired) electrons. The number of fused-ring (bicyclic) bond motifs is 1. The van der Waals surface area contributed by atoms with E-state index in [1.54, 1.807) is 6.08 Å². The van der Waals surface area contributed by atoms with E-state index in [4.69, 9.17) is 5.11 Å². The van der Waals surface area contributed by atoms with Crippen LogP contribution < -0.4 is 10.6 Å². The first-order valence-electron chi connectivity index (χ1n) is 7.79. The second-order valence-corrected chi connectivity index (χ2v) is 5.90. The quantitative estimate of drug-likeness (QED) is 0.658. The molecule has 5 heteroatoms. The van der Waals surface area contributed by atoms with E-state index in [9.17, 15) is 9.59 Å². The van der Waals surface area contributed by atoms with Crippen LogP contribution in [0.15, 0.2) is 58.9 Å². The molecule has 120 valence electrons. The van der Waals surface area contributed by atoms with Gasteiger partial charge in [-0.05, 0) is 42.4 Å². The molecule has 2 atom stereocenters. The normalized spacial score (nSPS) is 24.0. The van der Waals surface area contributed by atoms with E-state index in [-0.39, 0.29) is 30.3 Å². The van der Waals surface area contributed by atoms with Crippen molar-refractivity contribution in [1.29, 1.82) is 0 Å². The van der Waals surface area contributed by atoms with Crippen molar-refractivity contribution in [3.05, 3.63) is 58.9 Å². The number of ketones is 2. The molecule has 0 spiro atoms. The van der Waals surface area contributed by atoms with Gasteiger partial charge >= 0.3 is 0 Å². The van der Waals surface area contributed by atoms with E-state index >= 15 is 0 Å². The lowest BCUT2D eigenvalue weighted by Gasteiger charge is -2.27. The third kappa shape index (κ3) is 3.25. The first kappa shape index (κ1) is 15.6. The van der Waals surface area contributed by atoms with Crippen molar-refractivity contribution in [2.45, 2.75) is 19.5 Å². The van der Waals surface area contributed by atoms with Crippen molar-refractivity contribution in [3.8, 4) is 0 Å². The summed E-state index contributed by atoms with van der Waals surface area (Å²) in [6, 6.07) is 0. The Hall–Kier alpha value is -2.24. The third-order valence-electron chi connectivity index (χ3n) is 4.13. The number of hydrogen-bond donors (Lipinski definition) is 3. The van der Waals surface area contributed by atoms with Crippen LogP contribution in [0, 0.1) is 5.92 Å². The maximum absolute atomic E-state index is 12.6. The van der Waals surface area contributed by atoms with Crippen molar-refractivity contribution < 1.29 is 14.7 Å². The fourth-order valence-electron chi connectivity index (χ4n) is 3.03. The van der Waals surface area contributed by atoms with Gasteiger partial charge < -0.3 is 10.4 Å². The van der Waals surface area contributed by atoms with Crippen molar-refractivity contribution in [2.24, 2.45) is 5.92 Å². The summed E-state index contributed by atoms with van der Waals surface area (Å²) in [5.41, 5.74) is 3.29. The Bertz CT molecular complexity index is 695. The van der Waals surface area contributed by atoms with Crippen LogP contribution in [0.25, 0.3) is 0 Å². The van der Waals surface area contributed by atoms with Crippen LogP contribution in [-0.2, 0) is 9.59 Å². The van der Waals surface area contributed by atoms with Crippen LogP contribution >= 0.6 is 0 Å². The highest BCUT2D eigenvalue weighted by Gasteiger charge is 2.31. The van der Waals surface area contributed by atoms with Crippen molar-refractivity contribution >= 4 is 11.6 Å². The molecule has 3 rings (SSSR count). The second kappa shape index (κ2) is 6.48. The highest BCUT2D eigenvalue weighted by molar-refractivity contribution is 6.09. The van der Waals surface area contributed by atoms with Crippen LogP contribution in [0.3, 0.4) is 0 Å². The van der Waals surface area contributed by atoms with Gasteiger partial charge in [0, 0.05) is 24.2 Å². The van der Waals surface area contributed by atoms with Gasteiger partial charge in [0.1, 0.15) is 0 Å². The van der Waals surface area contributed by atoms with Gasteiger partial charge in [-0.3, -0.25) is 14.9 Å². The monoisotopic (exact) mass is 312 g/mol. The zero-order valence-corrected chi connectivity index (χ0v) is 13.0. The number of rotatable bonds is 5. The molecule has 3 N–H and O–H groups in total. The smallest absolute Gasteiger partial charge is 0.174 e. The Labute approximate surface area is 135 Å². The minimum Gasteiger partial charge on any atom is -0.395 e. The molecule has 0 saturated heterocycles. The molecule has 0 bridgehead atoms. The Balaban J connectivity index is 1.80. The molecular weight excluding hydrogens is 292 g/mol. The zero-order chi connectivity index (χ0) is 16.4. The van der Waals surface area contributed by atoms with Crippen LogP contribution in [0.1, 0.15) is 13.3 Å². The number of Topliss-reactive ketones (excluding diaryl/α,β-unsaturated/α-hetero) is 1. The van der Waals surface area contributed by atoms with E-state index in [1.807, 2.05) is 31.2 Å². The van der Waals surface area contributed by atoms with Gasteiger partial charge in [0.2, 0.25) is 0 Å². The van der Waals surface area contributed by atoms with Crippen LogP contribution in [0.2, 0.25) is 0 Å². The zero-order valence-electron chi connectivity index (χ0n) is 13.0. The Kier molecular flexibility index (Phi) is 4.41. The molecule has 0 heterocycles. The predicted molar refractivity (Wildman–Crippen MR) is 87.3 cm³/mol. The Morgan fingerprint density at radius 3 is 2.87 bits per heavy atom. The number of aliphatic hydroxyl groups excluding tert-OH is 1. The number of hydrogen-bond acceptors (Lipinski definition) is 5. The van der Waals surface area contributed by atoms with E-state index in [0.717, 1.165) is 16.8 Å². The molecule has 23 heavy (non-hydrogen) atoms. The summed E-state index contributed by atoms with van der Waals surface area (Å²) < 4.78 is 0. The maximum atomic E-state index is 12.6. The summed E-state index contributed by atoms with van der Waals surface area (Å²) in [5, 5.41) is 15.2. The lowest BCUT2D eigenvalue weighted by atomic mass is 9.77.